The third-order valence-electron chi connectivity index (χ3n) is 3.16. The Morgan fingerprint density at radius 1 is 1.36 bits per heavy atom. The molecule has 5 nitrogen and oxygen atoms in total. The molecule has 0 bridgehead atoms. The van der Waals surface area contributed by atoms with Gasteiger partial charge in [0.15, 0.2) is 0 Å². The average molecular weight is 310 g/mol. The van der Waals surface area contributed by atoms with Crippen LogP contribution in [0.2, 0.25) is 0 Å². The molecule has 1 rings (SSSR count). The van der Waals surface area contributed by atoms with Crippen LogP contribution in [-0.4, -0.2) is 42.8 Å². The van der Waals surface area contributed by atoms with E-state index in [2.05, 4.69) is 42.6 Å². The van der Waals surface area contributed by atoms with E-state index in [1.165, 1.54) is 13.5 Å². The zero-order valence-corrected chi connectivity index (χ0v) is 14.4. The number of hydrogen-bond acceptors (Lipinski definition) is 4. The molecular weight excluding hydrogens is 280 g/mol. The molecule has 0 spiro atoms. The number of carbonyl (C=O) groups excluding carboxylic acids is 1. The maximum Gasteiger partial charge on any atom is 0.406 e. The zero-order valence-electron chi connectivity index (χ0n) is 14.4. The second kappa shape index (κ2) is 11.9. The van der Waals surface area contributed by atoms with Crippen molar-refractivity contribution in [3.05, 3.63) is 29.8 Å². The van der Waals surface area contributed by atoms with E-state index in [-0.39, 0.29) is 11.8 Å². The molecule has 22 heavy (non-hydrogen) atoms. The largest absolute Gasteiger partial charge is 0.508 e. The number of rotatable bonds is 6. The summed E-state index contributed by atoms with van der Waals surface area (Å²) in [5, 5.41) is 12.2. The molecule has 2 N–H and O–H groups in total. The molecule has 0 aromatic heterocycles. The number of alkyl carbamates (subject to hydrolysis) is 1. The molecular formula is C17H30N2O3. The number of nitrogens with zero attached hydrogens (tertiary/aromatic N) is 1. The molecule has 0 saturated heterocycles. The lowest BCUT2D eigenvalue weighted by Gasteiger charge is -2.28. The van der Waals surface area contributed by atoms with Crippen molar-refractivity contribution in [1.29, 1.82) is 0 Å². The summed E-state index contributed by atoms with van der Waals surface area (Å²) in [6, 6.07) is 7.42. The van der Waals surface area contributed by atoms with Gasteiger partial charge in [-0.15, -0.1) is 0 Å². The highest BCUT2D eigenvalue weighted by atomic mass is 16.5. The number of ether oxygens (including phenoxy) is 1. The Morgan fingerprint density at radius 2 is 2.00 bits per heavy atom. The Labute approximate surface area is 134 Å². The van der Waals surface area contributed by atoms with Gasteiger partial charge in [0.2, 0.25) is 0 Å². The number of carbonyl (C=O) groups is 1. The second-order valence-corrected chi connectivity index (χ2v) is 5.03. The lowest BCUT2D eigenvalue weighted by Crippen LogP contribution is -2.36. The Bertz CT molecular complexity index is 424. The van der Waals surface area contributed by atoms with Crippen molar-refractivity contribution >= 4 is 6.09 Å². The molecule has 5 heteroatoms. The average Bonchev–Trinajstić information content (AvgIpc) is 2.51. The van der Waals surface area contributed by atoms with Crippen molar-refractivity contribution in [2.24, 2.45) is 0 Å². The Kier molecular flexibility index (Phi) is 10.9. The van der Waals surface area contributed by atoms with Crippen LogP contribution >= 0.6 is 0 Å². The van der Waals surface area contributed by atoms with Gasteiger partial charge in [-0.05, 0) is 31.2 Å². The van der Waals surface area contributed by atoms with Gasteiger partial charge in [0.05, 0.1) is 7.11 Å². The summed E-state index contributed by atoms with van der Waals surface area (Å²) < 4.78 is 4.52. The van der Waals surface area contributed by atoms with E-state index in [1.54, 1.807) is 12.1 Å². The van der Waals surface area contributed by atoms with Crippen molar-refractivity contribution in [3.63, 3.8) is 0 Å². The number of aromatic hydroxyl groups is 1. The first-order valence-electron chi connectivity index (χ1n) is 7.84. The van der Waals surface area contributed by atoms with Crippen LogP contribution in [0, 0.1) is 0 Å². The fourth-order valence-corrected chi connectivity index (χ4v) is 1.99. The smallest absolute Gasteiger partial charge is 0.406 e. The maximum absolute atomic E-state index is 11.0. The fourth-order valence-electron chi connectivity index (χ4n) is 1.99. The first-order chi connectivity index (χ1) is 10.5. The van der Waals surface area contributed by atoms with E-state index in [0.29, 0.717) is 6.54 Å². The summed E-state index contributed by atoms with van der Waals surface area (Å²) in [5.74, 6) is 0.271. The van der Waals surface area contributed by atoms with Crippen LogP contribution in [0.15, 0.2) is 24.3 Å². The van der Waals surface area contributed by atoms with Gasteiger partial charge < -0.3 is 15.2 Å². The number of nitrogens with one attached hydrogen (secondary N) is 1. The SMILES string of the molecule is CCC.CCN(CCNC(=O)OC)C(C)c1cccc(O)c1. The van der Waals surface area contributed by atoms with E-state index in [4.69, 9.17) is 0 Å². The minimum absolute atomic E-state index is 0.177. The van der Waals surface area contributed by atoms with Crippen LogP contribution < -0.4 is 5.32 Å². The topological polar surface area (TPSA) is 61.8 Å². The molecule has 0 aliphatic heterocycles. The standard InChI is InChI=1S/C14H22N2O3.C3H8/c1-4-16(9-8-15-14(18)19-3)11(2)12-6-5-7-13(17)10-12;1-3-2/h5-7,10-11,17H,4,8-9H2,1-3H3,(H,15,18);3H2,1-2H3. The van der Waals surface area contributed by atoms with Crippen molar-refractivity contribution in [1.82, 2.24) is 10.2 Å². The van der Waals surface area contributed by atoms with Gasteiger partial charge in [0, 0.05) is 19.1 Å². The minimum Gasteiger partial charge on any atom is -0.508 e. The minimum atomic E-state index is -0.416. The van der Waals surface area contributed by atoms with Gasteiger partial charge >= 0.3 is 6.09 Å². The van der Waals surface area contributed by atoms with E-state index >= 15 is 0 Å². The number of benzene rings is 1. The number of methoxy groups -OCH3 is 1. The molecule has 0 saturated carbocycles. The molecule has 1 amide bonds. The van der Waals surface area contributed by atoms with E-state index in [9.17, 15) is 9.90 Å². The summed E-state index contributed by atoms with van der Waals surface area (Å²) >= 11 is 0. The number of amides is 1. The highest BCUT2D eigenvalue weighted by molar-refractivity contribution is 5.66. The molecule has 1 aromatic rings. The van der Waals surface area contributed by atoms with E-state index < -0.39 is 6.09 Å². The highest BCUT2D eigenvalue weighted by Crippen LogP contribution is 2.22. The molecule has 1 aromatic carbocycles. The summed E-state index contributed by atoms with van der Waals surface area (Å²) in [6.07, 6.45) is 0.834. The third-order valence-corrected chi connectivity index (χ3v) is 3.16. The number of phenols is 1. The van der Waals surface area contributed by atoms with Gasteiger partial charge in [-0.1, -0.05) is 39.3 Å². The van der Waals surface area contributed by atoms with Crippen molar-refractivity contribution < 1.29 is 14.6 Å². The van der Waals surface area contributed by atoms with Crippen molar-refractivity contribution in [3.8, 4) is 5.75 Å². The van der Waals surface area contributed by atoms with Gasteiger partial charge in [0.1, 0.15) is 5.75 Å². The first-order valence-corrected chi connectivity index (χ1v) is 7.84. The third kappa shape index (κ3) is 7.88. The predicted molar refractivity (Wildman–Crippen MR) is 90.1 cm³/mol. The summed E-state index contributed by atoms with van der Waals surface area (Å²) in [4.78, 5) is 13.2. The van der Waals surface area contributed by atoms with Crippen LogP contribution in [0.5, 0.6) is 5.75 Å². The predicted octanol–water partition coefficient (Wildman–Crippen LogP) is 3.55. The molecule has 1 atom stereocenters. The van der Waals surface area contributed by atoms with Gasteiger partial charge in [-0.25, -0.2) is 4.79 Å². The Balaban J connectivity index is 0.00000135. The molecule has 0 aliphatic rings. The monoisotopic (exact) mass is 310 g/mol. The quantitative estimate of drug-likeness (QED) is 0.843. The van der Waals surface area contributed by atoms with Crippen LogP contribution in [-0.2, 0) is 4.74 Å². The highest BCUT2D eigenvalue weighted by Gasteiger charge is 2.14. The van der Waals surface area contributed by atoms with Crippen molar-refractivity contribution in [2.75, 3.05) is 26.7 Å². The molecule has 0 heterocycles. The summed E-state index contributed by atoms with van der Waals surface area (Å²) in [7, 11) is 1.35. The number of phenolic OH excluding ortho intramolecular Hbond substituents is 1. The molecule has 0 fully saturated rings. The zero-order chi connectivity index (χ0) is 17.0. The van der Waals surface area contributed by atoms with Crippen LogP contribution in [0.4, 0.5) is 4.79 Å². The molecule has 1 unspecified atom stereocenters. The molecule has 0 radical (unpaired) electrons. The Hall–Kier alpha value is -1.75. The van der Waals surface area contributed by atoms with Crippen LogP contribution in [0.3, 0.4) is 0 Å². The van der Waals surface area contributed by atoms with Gasteiger partial charge in [-0.2, -0.15) is 0 Å². The fraction of sp³-hybridized carbons (Fsp3) is 0.588. The van der Waals surface area contributed by atoms with E-state index in [1.807, 2.05) is 12.1 Å². The normalized spacial score (nSPS) is 11.4. The maximum atomic E-state index is 11.0. The summed E-state index contributed by atoms with van der Waals surface area (Å²) in [5.41, 5.74) is 1.06. The lowest BCUT2D eigenvalue weighted by atomic mass is 10.1. The van der Waals surface area contributed by atoms with E-state index in [0.717, 1.165) is 18.7 Å². The van der Waals surface area contributed by atoms with Crippen molar-refractivity contribution in [2.45, 2.75) is 40.2 Å². The number of likely N-dealkylation sites (N-methyl/N-ethyl adjacent to an activating group) is 1. The van der Waals surface area contributed by atoms with Crippen LogP contribution in [0.25, 0.3) is 0 Å². The van der Waals surface area contributed by atoms with Gasteiger partial charge in [0.25, 0.3) is 0 Å². The molecule has 0 aliphatic carbocycles. The molecule has 126 valence electrons. The number of hydrogen-bond donors (Lipinski definition) is 2. The second-order valence-electron chi connectivity index (χ2n) is 5.03. The van der Waals surface area contributed by atoms with Crippen LogP contribution in [0.1, 0.15) is 45.7 Å². The first kappa shape index (κ1) is 20.2. The summed E-state index contributed by atoms with van der Waals surface area (Å²) in [6.45, 7) is 10.5. The lowest BCUT2D eigenvalue weighted by molar-refractivity contribution is 0.165. The van der Waals surface area contributed by atoms with Gasteiger partial charge in [-0.3, -0.25) is 4.90 Å². The Morgan fingerprint density at radius 3 is 2.50 bits per heavy atom.